The molecule has 2 heterocycles. The zero-order valence-corrected chi connectivity index (χ0v) is 11.9. The first-order valence-electron chi connectivity index (χ1n) is 6.26. The molecule has 1 atom stereocenters. The van der Waals surface area contributed by atoms with Crippen LogP contribution in [0.4, 0.5) is 0 Å². The number of benzene rings is 1. The van der Waals surface area contributed by atoms with E-state index in [1.807, 2.05) is 19.2 Å². The number of ether oxygens (including phenoxy) is 1. The Labute approximate surface area is 117 Å². The number of thiophene rings is 1. The molecule has 0 N–H and O–H groups in total. The van der Waals surface area contributed by atoms with Gasteiger partial charge in [0.15, 0.2) is 0 Å². The Morgan fingerprint density at radius 3 is 2.68 bits per heavy atom. The van der Waals surface area contributed by atoms with Gasteiger partial charge in [-0.15, -0.1) is 11.3 Å². The quantitative estimate of drug-likeness (QED) is 0.853. The van der Waals surface area contributed by atoms with Gasteiger partial charge in [0.05, 0.1) is 23.7 Å². The predicted molar refractivity (Wildman–Crippen MR) is 79.0 cm³/mol. The van der Waals surface area contributed by atoms with Gasteiger partial charge in [0, 0.05) is 13.5 Å². The van der Waals surface area contributed by atoms with Crippen LogP contribution in [0.3, 0.4) is 0 Å². The van der Waals surface area contributed by atoms with Gasteiger partial charge in [0.1, 0.15) is 5.75 Å². The van der Waals surface area contributed by atoms with Crippen molar-refractivity contribution in [3.63, 3.8) is 0 Å². The standard InChI is InChI=1S/C15H16N2OS/c1-17-14(11-5-7-12(18-2)8-6-11)10-13(16-17)15-4-3-9-19-15/h3-9,14H,10H2,1-2H3. The second kappa shape index (κ2) is 5.05. The fourth-order valence-corrected chi connectivity index (χ4v) is 3.09. The average molecular weight is 272 g/mol. The highest BCUT2D eigenvalue weighted by Crippen LogP contribution is 2.32. The molecule has 1 aliphatic rings. The highest BCUT2D eigenvalue weighted by Gasteiger charge is 2.26. The summed E-state index contributed by atoms with van der Waals surface area (Å²) in [7, 11) is 3.73. The molecule has 0 saturated carbocycles. The predicted octanol–water partition coefficient (Wildman–Crippen LogP) is 3.54. The van der Waals surface area contributed by atoms with Crippen molar-refractivity contribution in [1.82, 2.24) is 5.01 Å². The van der Waals surface area contributed by atoms with Gasteiger partial charge >= 0.3 is 0 Å². The fraction of sp³-hybridized carbons (Fsp3) is 0.267. The van der Waals surface area contributed by atoms with E-state index in [9.17, 15) is 0 Å². The van der Waals surface area contributed by atoms with Crippen LogP contribution in [0.15, 0.2) is 46.9 Å². The van der Waals surface area contributed by atoms with Crippen LogP contribution in [0.25, 0.3) is 0 Å². The van der Waals surface area contributed by atoms with Gasteiger partial charge < -0.3 is 4.74 Å². The molecular formula is C15H16N2OS. The molecule has 19 heavy (non-hydrogen) atoms. The van der Waals surface area contributed by atoms with Gasteiger partial charge in [0.2, 0.25) is 0 Å². The second-order valence-electron chi connectivity index (χ2n) is 4.59. The minimum atomic E-state index is 0.322. The summed E-state index contributed by atoms with van der Waals surface area (Å²) in [4.78, 5) is 1.27. The third-order valence-corrected chi connectivity index (χ3v) is 4.34. The fourth-order valence-electron chi connectivity index (χ4n) is 2.37. The summed E-state index contributed by atoms with van der Waals surface area (Å²) in [5.41, 5.74) is 2.46. The maximum Gasteiger partial charge on any atom is 0.118 e. The summed E-state index contributed by atoms with van der Waals surface area (Å²) >= 11 is 1.75. The lowest BCUT2D eigenvalue weighted by Gasteiger charge is -2.19. The Kier molecular flexibility index (Phi) is 3.25. The highest BCUT2D eigenvalue weighted by molar-refractivity contribution is 7.12. The number of hydrazone groups is 1. The number of hydrogen-bond acceptors (Lipinski definition) is 4. The minimum Gasteiger partial charge on any atom is -0.497 e. The van der Waals surface area contributed by atoms with E-state index in [1.54, 1.807) is 18.4 Å². The molecule has 4 heteroatoms. The third-order valence-electron chi connectivity index (χ3n) is 3.42. The first-order chi connectivity index (χ1) is 9.28. The lowest BCUT2D eigenvalue weighted by molar-refractivity contribution is 0.289. The zero-order valence-electron chi connectivity index (χ0n) is 11.0. The zero-order chi connectivity index (χ0) is 13.2. The van der Waals surface area contributed by atoms with E-state index in [1.165, 1.54) is 16.2 Å². The number of methoxy groups -OCH3 is 1. The Bertz CT molecular complexity index is 575. The minimum absolute atomic E-state index is 0.322. The molecule has 0 saturated heterocycles. The molecule has 0 radical (unpaired) electrons. The van der Waals surface area contributed by atoms with Crippen LogP contribution < -0.4 is 4.74 Å². The summed E-state index contributed by atoms with van der Waals surface area (Å²) in [5, 5.41) is 8.81. The van der Waals surface area contributed by atoms with Crippen LogP contribution in [-0.2, 0) is 0 Å². The first-order valence-corrected chi connectivity index (χ1v) is 7.14. The summed E-state index contributed by atoms with van der Waals surface area (Å²) in [6.45, 7) is 0. The highest BCUT2D eigenvalue weighted by atomic mass is 32.1. The molecule has 0 bridgehead atoms. The third kappa shape index (κ3) is 2.36. The molecule has 0 amide bonds. The average Bonchev–Trinajstić information content (AvgIpc) is 3.08. The van der Waals surface area contributed by atoms with Gasteiger partial charge in [-0.1, -0.05) is 18.2 Å². The first kappa shape index (κ1) is 12.2. The van der Waals surface area contributed by atoms with Crippen molar-refractivity contribution in [3.05, 3.63) is 52.2 Å². The van der Waals surface area contributed by atoms with Crippen LogP contribution in [0, 0.1) is 0 Å². The number of rotatable bonds is 3. The second-order valence-corrected chi connectivity index (χ2v) is 5.54. The maximum absolute atomic E-state index is 5.20. The van der Waals surface area contributed by atoms with Gasteiger partial charge in [-0.05, 0) is 29.1 Å². The van der Waals surface area contributed by atoms with Crippen LogP contribution in [0.5, 0.6) is 5.75 Å². The Morgan fingerprint density at radius 1 is 1.26 bits per heavy atom. The molecule has 2 aromatic rings. The van der Waals surface area contributed by atoms with Crippen LogP contribution in [0.1, 0.15) is 22.9 Å². The summed E-state index contributed by atoms with van der Waals surface area (Å²) in [5.74, 6) is 0.892. The summed E-state index contributed by atoms with van der Waals surface area (Å²) < 4.78 is 5.20. The molecule has 0 aliphatic carbocycles. The lowest BCUT2D eigenvalue weighted by Crippen LogP contribution is -2.13. The molecule has 1 aromatic heterocycles. The lowest BCUT2D eigenvalue weighted by atomic mass is 10.0. The van der Waals surface area contributed by atoms with E-state index in [0.29, 0.717) is 6.04 Å². The van der Waals surface area contributed by atoms with Gasteiger partial charge in [-0.2, -0.15) is 5.10 Å². The van der Waals surface area contributed by atoms with E-state index < -0.39 is 0 Å². The molecule has 3 nitrogen and oxygen atoms in total. The van der Waals surface area contributed by atoms with Gasteiger partial charge in [-0.25, -0.2) is 0 Å². The number of nitrogens with zero attached hydrogens (tertiary/aromatic N) is 2. The van der Waals surface area contributed by atoms with Gasteiger partial charge in [0.25, 0.3) is 0 Å². The van der Waals surface area contributed by atoms with E-state index in [4.69, 9.17) is 4.74 Å². The Balaban J connectivity index is 1.80. The summed E-state index contributed by atoms with van der Waals surface area (Å²) in [6.07, 6.45) is 0.962. The molecule has 1 unspecified atom stereocenters. The monoisotopic (exact) mass is 272 g/mol. The van der Waals surface area contributed by atoms with Crippen molar-refractivity contribution in [2.24, 2.45) is 5.10 Å². The van der Waals surface area contributed by atoms with Crippen molar-refractivity contribution < 1.29 is 4.74 Å². The van der Waals surface area contributed by atoms with Crippen LogP contribution in [0.2, 0.25) is 0 Å². The van der Waals surface area contributed by atoms with Crippen molar-refractivity contribution >= 4 is 17.0 Å². The summed E-state index contributed by atoms with van der Waals surface area (Å²) in [6, 6.07) is 12.8. The topological polar surface area (TPSA) is 24.8 Å². The number of hydrogen-bond donors (Lipinski definition) is 0. The van der Waals surface area contributed by atoms with E-state index in [0.717, 1.165) is 12.2 Å². The molecular weight excluding hydrogens is 256 g/mol. The van der Waals surface area contributed by atoms with E-state index >= 15 is 0 Å². The molecule has 0 spiro atoms. The van der Waals surface area contributed by atoms with E-state index in [-0.39, 0.29) is 0 Å². The molecule has 1 aromatic carbocycles. The molecule has 98 valence electrons. The van der Waals surface area contributed by atoms with Crippen molar-refractivity contribution in [2.45, 2.75) is 12.5 Å². The van der Waals surface area contributed by atoms with Crippen molar-refractivity contribution in [3.8, 4) is 5.75 Å². The van der Waals surface area contributed by atoms with Crippen molar-refractivity contribution in [2.75, 3.05) is 14.2 Å². The maximum atomic E-state index is 5.20. The van der Waals surface area contributed by atoms with Crippen LogP contribution >= 0.6 is 11.3 Å². The van der Waals surface area contributed by atoms with Crippen LogP contribution in [-0.4, -0.2) is 24.9 Å². The SMILES string of the molecule is COc1ccc(C2CC(c3cccs3)=NN2C)cc1. The Morgan fingerprint density at radius 2 is 2.05 bits per heavy atom. The Hall–Kier alpha value is -1.81. The molecule has 3 rings (SSSR count). The van der Waals surface area contributed by atoms with Gasteiger partial charge in [-0.3, -0.25) is 5.01 Å². The normalized spacial score (nSPS) is 18.5. The van der Waals surface area contributed by atoms with Crippen molar-refractivity contribution in [1.29, 1.82) is 0 Å². The van der Waals surface area contributed by atoms with E-state index in [2.05, 4.69) is 39.8 Å². The molecule has 0 fully saturated rings. The molecule has 1 aliphatic heterocycles. The smallest absolute Gasteiger partial charge is 0.118 e. The largest absolute Gasteiger partial charge is 0.497 e.